The predicted octanol–water partition coefficient (Wildman–Crippen LogP) is 0.254. The molecule has 1 spiro atoms. The Labute approximate surface area is 206 Å². The Morgan fingerprint density at radius 3 is 2.75 bits per heavy atom. The maximum atomic E-state index is 14.1. The lowest BCUT2D eigenvalue weighted by atomic mass is 9.73. The molecule has 0 aliphatic carbocycles. The van der Waals surface area contributed by atoms with Crippen molar-refractivity contribution < 1.29 is 29.0 Å². The van der Waals surface area contributed by atoms with Crippen molar-refractivity contribution in [3.8, 4) is 0 Å². The number of aromatic nitrogens is 3. The van der Waals surface area contributed by atoms with Crippen LogP contribution < -0.4 is 0 Å². The summed E-state index contributed by atoms with van der Waals surface area (Å²) >= 11 is 0. The lowest BCUT2D eigenvalue weighted by molar-refractivity contribution is -0.159. The molecule has 11 heteroatoms. The second-order valence-corrected chi connectivity index (χ2v) is 9.59. The average Bonchev–Trinajstić information content (AvgIpc) is 3.41. The standard InChI is InChI=1S/C25H27N5O6/c1-2-24-9-6-14-35-23(34)19(24)18-21(32)29(12-13-31)20-22(33)28(11-5-10-25(18,20)36-24)15-30-17-8-4-3-7-16(17)26-27-30/h3-10,18-20,31H,2,11-15H2,1H3/t18-,19+,20?,24-,25-/m0/s1. The molecule has 0 bridgehead atoms. The van der Waals surface area contributed by atoms with Crippen molar-refractivity contribution in [3.63, 3.8) is 0 Å². The molecule has 5 atom stereocenters. The summed E-state index contributed by atoms with van der Waals surface area (Å²) in [6, 6.07) is 6.41. The van der Waals surface area contributed by atoms with Gasteiger partial charge in [0, 0.05) is 13.1 Å². The zero-order valence-electron chi connectivity index (χ0n) is 19.8. The number of hydrogen-bond acceptors (Lipinski definition) is 8. The number of benzene rings is 1. The fourth-order valence-electron chi connectivity index (χ4n) is 6.30. The van der Waals surface area contributed by atoms with Gasteiger partial charge in [0.05, 0.1) is 18.0 Å². The Hall–Kier alpha value is -3.57. The highest BCUT2D eigenvalue weighted by atomic mass is 16.6. The quantitative estimate of drug-likeness (QED) is 0.464. The number of β-amino-alcohol motifs (C(OH)–C–C–N with tert-alkyl or cyclic N) is 1. The Morgan fingerprint density at radius 1 is 1.11 bits per heavy atom. The lowest BCUT2D eigenvalue weighted by Gasteiger charge is -2.38. The first-order chi connectivity index (χ1) is 17.5. The number of fused-ring (bicyclic) bond motifs is 3. The molecule has 4 aliphatic heterocycles. The molecule has 2 saturated heterocycles. The van der Waals surface area contributed by atoms with E-state index in [0.717, 1.165) is 5.52 Å². The van der Waals surface area contributed by atoms with Crippen molar-refractivity contribution in [2.75, 3.05) is 26.3 Å². The number of esters is 1. The molecule has 2 amide bonds. The third-order valence-electron chi connectivity index (χ3n) is 7.84. The number of carbonyl (C=O) groups is 3. The molecule has 0 radical (unpaired) electrons. The zero-order chi connectivity index (χ0) is 25.1. The number of aliphatic hydroxyl groups excluding tert-OH is 1. The molecule has 0 saturated carbocycles. The minimum Gasteiger partial charge on any atom is -0.461 e. The van der Waals surface area contributed by atoms with Gasteiger partial charge in [-0.1, -0.05) is 42.5 Å². The number of hydrogen-bond donors (Lipinski definition) is 1. The number of carbonyl (C=O) groups excluding carboxylic acids is 3. The molecule has 2 fully saturated rings. The van der Waals surface area contributed by atoms with Crippen LogP contribution in [0.25, 0.3) is 11.0 Å². The van der Waals surface area contributed by atoms with Crippen LogP contribution in [-0.2, 0) is 30.5 Å². The first-order valence-electron chi connectivity index (χ1n) is 12.2. The van der Waals surface area contributed by atoms with E-state index in [9.17, 15) is 19.5 Å². The summed E-state index contributed by atoms with van der Waals surface area (Å²) < 4.78 is 13.8. The summed E-state index contributed by atoms with van der Waals surface area (Å²) in [6.07, 6.45) is 7.54. The van der Waals surface area contributed by atoms with Crippen LogP contribution in [0.1, 0.15) is 13.3 Å². The van der Waals surface area contributed by atoms with Gasteiger partial charge in [0.2, 0.25) is 5.91 Å². The summed E-state index contributed by atoms with van der Waals surface area (Å²) in [7, 11) is 0. The van der Waals surface area contributed by atoms with Crippen LogP contribution in [0.3, 0.4) is 0 Å². The van der Waals surface area contributed by atoms with Crippen LogP contribution in [0.5, 0.6) is 0 Å². The second kappa shape index (κ2) is 8.24. The van der Waals surface area contributed by atoms with Gasteiger partial charge in [-0.25, -0.2) is 4.68 Å². The highest BCUT2D eigenvalue weighted by molar-refractivity contribution is 5.99. The highest BCUT2D eigenvalue weighted by Gasteiger charge is 2.75. The van der Waals surface area contributed by atoms with Crippen LogP contribution in [0, 0.1) is 11.8 Å². The maximum Gasteiger partial charge on any atom is 0.313 e. The van der Waals surface area contributed by atoms with Gasteiger partial charge in [-0.3, -0.25) is 14.4 Å². The Bertz CT molecular complexity index is 1300. The van der Waals surface area contributed by atoms with E-state index in [0.29, 0.717) is 11.9 Å². The molecular formula is C25H27N5O6. The van der Waals surface area contributed by atoms with E-state index < -0.39 is 41.0 Å². The Kier molecular flexibility index (Phi) is 5.23. The molecule has 2 aromatic rings. The summed E-state index contributed by atoms with van der Waals surface area (Å²) in [5.41, 5.74) is -0.958. The summed E-state index contributed by atoms with van der Waals surface area (Å²) in [6.45, 7) is 1.99. The van der Waals surface area contributed by atoms with E-state index in [1.54, 1.807) is 27.8 Å². The van der Waals surface area contributed by atoms with Gasteiger partial charge in [0.1, 0.15) is 42.0 Å². The summed E-state index contributed by atoms with van der Waals surface area (Å²) in [4.78, 5) is 44.1. The zero-order valence-corrected chi connectivity index (χ0v) is 19.8. The third-order valence-corrected chi connectivity index (χ3v) is 7.84. The first-order valence-corrected chi connectivity index (χ1v) is 12.2. The van der Waals surface area contributed by atoms with Gasteiger partial charge in [-0.15, -0.1) is 5.10 Å². The molecule has 1 N–H and O–H groups in total. The van der Waals surface area contributed by atoms with Crippen molar-refractivity contribution in [3.05, 3.63) is 48.6 Å². The number of nitrogens with zero attached hydrogens (tertiary/aromatic N) is 5. The third kappa shape index (κ3) is 3.02. The number of likely N-dealkylation sites (tertiary alicyclic amines) is 1. The topological polar surface area (TPSA) is 127 Å². The van der Waals surface area contributed by atoms with E-state index >= 15 is 0 Å². The number of ether oxygens (including phenoxy) is 2. The lowest BCUT2D eigenvalue weighted by Crippen LogP contribution is -2.56. The molecule has 1 unspecified atom stereocenters. The maximum absolute atomic E-state index is 14.1. The summed E-state index contributed by atoms with van der Waals surface area (Å²) in [5, 5.41) is 18.1. The fraction of sp³-hybridized carbons (Fsp3) is 0.480. The van der Waals surface area contributed by atoms with Crippen LogP contribution in [0.2, 0.25) is 0 Å². The van der Waals surface area contributed by atoms with Gasteiger partial charge >= 0.3 is 5.97 Å². The minimum absolute atomic E-state index is 0.0540. The van der Waals surface area contributed by atoms with Crippen molar-refractivity contribution >= 4 is 28.8 Å². The highest BCUT2D eigenvalue weighted by Crippen LogP contribution is 2.58. The molecule has 1 aromatic carbocycles. The van der Waals surface area contributed by atoms with Gasteiger partial charge in [-0.2, -0.15) is 0 Å². The molecule has 6 rings (SSSR count). The number of cyclic esters (lactones) is 1. The molecule has 5 heterocycles. The van der Waals surface area contributed by atoms with Crippen molar-refractivity contribution in [1.29, 1.82) is 0 Å². The van der Waals surface area contributed by atoms with Gasteiger partial charge < -0.3 is 24.4 Å². The van der Waals surface area contributed by atoms with Gasteiger partial charge in [0.15, 0.2) is 0 Å². The molecular weight excluding hydrogens is 466 g/mol. The molecule has 36 heavy (non-hydrogen) atoms. The van der Waals surface area contributed by atoms with E-state index in [-0.39, 0.29) is 38.9 Å². The fourth-order valence-corrected chi connectivity index (χ4v) is 6.30. The number of aliphatic hydroxyl groups is 1. The van der Waals surface area contributed by atoms with Crippen molar-refractivity contribution in [2.24, 2.45) is 11.8 Å². The number of para-hydroxylation sites is 1. The van der Waals surface area contributed by atoms with Crippen molar-refractivity contribution in [1.82, 2.24) is 24.8 Å². The predicted molar refractivity (Wildman–Crippen MR) is 125 cm³/mol. The first kappa shape index (κ1) is 22.9. The van der Waals surface area contributed by atoms with Crippen LogP contribution in [0.15, 0.2) is 48.6 Å². The van der Waals surface area contributed by atoms with Gasteiger partial charge in [0.25, 0.3) is 5.91 Å². The Balaban J connectivity index is 1.43. The normalized spacial score (nSPS) is 33.4. The number of amides is 2. The monoisotopic (exact) mass is 493 g/mol. The molecule has 188 valence electrons. The summed E-state index contributed by atoms with van der Waals surface area (Å²) in [5.74, 6) is -3.10. The van der Waals surface area contributed by atoms with Crippen LogP contribution in [0.4, 0.5) is 0 Å². The van der Waals surface area contributed by atoms with E-state index in [4.69, 9.17) is 9.47 Å². The van der Waals surface area contributed by atoms with E-state index in [1.165, 1.54) is 4.90 Å². The average molecular weight is 494 g/mol. The van der Waals surface area contributed by atoms with Crippen LogP contribution in [-0.4, -0.2) is 91.2 Å². The van der Waals surface area contributed by atoms with Crippen molar-refractivity contribution in [2.45, 2.75) is 37.3 Å². The van der Waals surface area contributed by atoms with Gasteiger partial charge in [-0.05, 0) is 24.6 Å². The van der Waals surface area contributed by atoms with Crippen LogP contribution >= 0.6 is 0 Å². The largest absolute Gasteiger partial charge is 0.461 e. The SMILES string of the molecule is CC[C@]12C=CCOC(=O)[C@H]1[C@H]1C(=O)N(CCO)C3C(=O)N(Cn4nnc5ccccc54)CC=C[C@@]31O2. The minimum atomic E-state index is -1.37. The Morgan fingerprint density at radius 2 is 1.94 bits per heavy atom. The van der Waals surface area contributed by atoms with E-state index in [1.807, 2.05) is 37.3 Å². The molecule has 11 nitrogen and oxygen atoms in total. The molecule has 1 aromatic heterocycles. The second-order valence-electron chi connectivity index (χ2n) is 9.59. The smallest absolute Gasteiger partial charge is 0.313 e. The number of rotatable bonds is 5. The molecule has 4 aliphatic rings. The van der Waals surface area contributed by atoms with E-state index in [2.05, 4.69) is 10.3 Å².